The van der Waals surface area contributed by atoms with E-state index in [0.29, 0.717) is 24.5 Å². The van der Waals surface area contributed by atoms with E-state index in [1.165, 1.54) is 5.56 Å². The molecule has 140 valence electrons. The highest BCUT2D eigenvalue weighted by Gasteiger charge is 2.32. The molecule has 2 aromatic rings. The molecule has 1 aliphatic heterocycles. The average molecular weight is 356 g/mol. The van der Waals surface area contributed by atoms with Crippen LogP contribution >= 0.6 is 0 Å². The van der Waals surface area contributed by atoms with Gasteiger partial charge in [-0.25, -0.2) is 0 Å². The molecule has 1 N–H and O–H groups in total. The fraction of sp³-hybridized carbons (Fsp3) is 0.500. The zero-order valence-electron chi connectivity index (χ0n) is 15.9. The minimum atomic E-state index is -0.165. The molecule has 26 heavy (non-hydrogen) atoms. The van der Waals surface area contributed by atoms with Crippen molar-refractivity contribution < 1.29 is 9.32 Å². The first-order valence-corrected chi connectivity index (χ1v) is 9.08. The van der Waals surface area contributed by atoms with Crippen LogP contribution in [-0.2, 0) is 13.1 Å². The minimum Gasteiger partial charge on any atom is -0.359 e. The highest BCUT2D eigenvalue weighted by molar-refractivity contribution is 5.92. The second-order valence-corrected chi connectivity index (χ2v) is 7.82. The van der Waals surface area contributed by atoms with Crippen LogP contribution in [-0.4, -0.2) is 54.6 Å². The van der Waals surface area contributed by atoms with Crippen LogP contribution in [0.3, 0.4) is 0 Å². The smallest absolute Gasteiger partial charge is 0.273 e. The van der Waals surface area contributed by atoms with Gasteiger partial charge in [-0.3, -0.25) is 9.69 Å². The Kier molecular flexibility index (Phi) is 5.74. The number of carbonyl (C=O) groups excluding carboxylic acids is 1. The fourth-order valence-corrected chi connectivity index (χ4v) is 3.51. The minimum absolute atomic E-state index is 0.132. The van der Waals surface area contributed by atoms with Crippen molar-refractivity contribution in [2.45, 2.75) is 26.4 Å². The van der Waals surface area contributed by atoms with Gasteiger partial charge in [0.15, 0.2) is 11.5 Å². The van der Waals surface area contributed by atoms with E-state index in [1.807, 2.05) is 25.2 Å². The number of likely N-dealkylation sites (tertiary alicyclic amines) is 1. The average Bonchev–Trinajstić information content (AvgIpc) is 3.20. The maximum atomic E-state index is 12.4. The molecular formula is C20H28N4O2. The number of benzene rings is 1. The predicted molar refractivity (Wildman–Crippen MR) is 101 cm³/mol. The van der Waals surface area contributed by atoms with Gasteiger partial charge in [-0.2, -0.15) is 0 Å². The van der Waals surface area contributed by atoms with Crippen LogP contribution in [0, 0.1) is 5.41 Å². The Morgan fingerprint density at radius 3 is 2.81 bits per heavy atom. The molecule has 1 amide bonds. The summed E-state index contributed by atoms with van der Waals surface area (Å²) in [6, 6.07) is 12.0. The Morgan fingerprint density at radius 1 is 1.35 bits per heavy atom. The number of rotatable bonds is 7. The highest BCUT2D eigenvalue weighted by Crippen LogP contribution is 2.27. The second kappa shape index (κ2) is 8.01. The monoisotopic (exact) mass is 356 g/mol. The molecule has 0 unspecified atom stereocenters. The maximum absolute atomic E-state index is 12.4. The summed E-state index contributed by atoms with van der Waals surface area (Å²) in [5, 5.41) is 6.94. The molecule has 1 atom stereocenters. The molecule has 1 aliphatic rings. The van der Waals surface area contributed by atoms with E-state index >= 15 is 0 Å². The summed E-state index contributed by atoms with van der Waals surface area (Å²) < 4.78 is 5.35. The zero-order valence-corrected chi connectivity index (χ0v) is 15.9. The van der Waals surface area contributed by atoms with Crippen molar-refractivity contribution in [1.82, 2.24) is 20.3 Å². The van der Waals surface area contributed by atoms with Crippen molar-refractivity contribution >= 4 is 5.91 Å². The molecule has 1 aromatic heterocycles. The Morgan fingerprint density at radius 2 is 2.12 bits per heavy atom. The van der Waals surface area contributed by atoms with Crippen LogP contribution in [0.2, 0.25) is 0 Å². The molecule has 1 aromatic carbocycles. The molecule has 1 saturated heterocycles. The predicted octanol–water partition coefficient (Wildman–Crippen LogP) is 2.38. The molecule has 0 spiro atoms. The quantitative estimate of drug-likeness (QED) is 0.825. The van der Waals surface area contributed by atoms with E-state index < -0.39 is 0 Å². The van der Waals surface area contributed by atoms with E-state index in [0.717, 1.165) is 26.1 Å². The van der Waals surface area contributed by atoms with E-state index in [2.05, 4.69) is 46.4 Å². The summed E-state index contributed by atoms with van der Waals surface area (Å²) in [7, 11) is 4.13. The standard InChI is InChI=1S/C20H28N4O2/c1-20(9-10-23(2)15-20)14-21-19(25)18-11-17(26-22-18)13-24(3)12-16-7-5-4-6-8-16/h4-8,11H,9-10,12-15H2,1-3H3,(H,21,25)/t20-/m1/s1. The van der Waals surface area contributed by atoms with Crippen molar-refractivity contribution in [1.29, 1.82) is 0 Å². The second-order valence-electron chi connectivity index (χ2n) is 7.82. The number of carbonyl (C=O) groups is 1. The molecule has 2 heterocycles. The maximum Gasteiger partial charge on any atom is 0.273 e. The van der Waals surface area contributed by atoms with Gasteiger partial charge in [0.05, 0.1) is 6.54 Å². The van der Waals surface area contributed by atoms with Crippen LogP contribution in [0.1, 0.15) is 35.2 Å². The summed E-state index contributed by atoms with van der Waals surface area (Å²) in [6.45, 7) is 6.37. The molecular weight excluding hydrogens is 328 g/mol. The molecule has 0 bridgehead atoms. The van der Waals surface area contributed by atoms with Gasteiger partial charge in [0.2, 0.25) is 0 Å². The summed E-state index contributed by atoms with van der Waals surface area (Å²) in [4.78, 5) is 16.8. The number of amides is 1. The van der Waals surface area contributed by atoms with Gasteiger partial charge in [0.25, 0.3) is 5.91 Å². The van der Waals surface area contributed by atoms with Crippen LogP contribution in [0.5, 0.6) is 0 Å². The lowest BCUT2D eigenvalue weighted by Gasteiger charge is -2.23. The lowest BCUT2D eigenvalue weighted by Crippen LogP contribution is -2.37. The van der Waals surface area contributed by atoms with Gasteiger partial charge in [-0.1, -0.05) is 42.4 Å². The fourth-order valence-electron chi connectivity index (χ4n) is 3.51. The third-order valence-corrected chi connectivity index (χ3v) is 4.94. The number of nitrogens with one attached hydrogen (secondary N) is 1. The lowest BCUT2D eigenvalue weighted by atomic mass is 9.90. The molecule has 0 radical (unpaired) electrons. The van der Waals surface area contributed by atoms with Gasteiger partial charge in [0, 0.05) is 25.7 Å². The third kappa shape index (κ3) is 4.93. The zero-order chi connectivity index (χ0) is 18.6. The molecule has 6 nitrogen and oxygen atoms in total. The molecule has 3 rings (SSSR count). The van der Waals surface area contributed by atoms with Gasteiger partial charge in [-0.15, -0.1) is 0 Å². The highest BCUT2D eigenvalue weighted by atomic mass is 16.5. The third-order valence-electron chi connectivity index (χ3n) is 4.94. The largest absolute Gasteiger partial charge is 0.359 e. The number of nitrogens with zero attached hydrogens (tertiary/aromatic N) is 3. The lowest BCUT2D eigenvalue weighted by molar-refractivity contribution is 0.0925. The number of hydrogen-bond donors (Lipinski definition) is 1. The first-order valence-electron chi connectivity index (χ1n) is 9.08. The molecule has 6 heteroatoms. The molecule has 0 saturated carbocycles. The van der Waals surface area contributed by atoms with Crippen LogP contribution in [0.25, 0.3) is 0 Å². The number of aromatic nitrogens is 1. The summed E-state index contributed by atoms with van der Waals surface area (Å²) >= 11 is 0. The van der Waals surface area contributed by atoms with Crippen LogP contribution in [0.15, 0.2) is 40.9 Å². The van der Waals surface area contributed by atoms with Crippen LogP contribution < -0.4 is 5.32 Å². The summed E-state index contributed by atoms with van der Waals surface area (Å²) in [5.41, 5.74) is 1.72. The van der Waals surface area contributed by atoms with Crippen molar-refractivity contribution in [3.63, 3.8) is 0 Å². The summed E-state index contributed by atoms with van der Waals surface area (Å²) in [6.07, 6.45) is 1.10. The first-order chi connectivity index (χ1) is 12.4. The normalized spacial score (nSPS) is 20.6. The van der Waals surface area contributed by atoms with E-state index in [-0.39, 0.29) is 11.3 Å². The van der Waals surface area contributed by atoms with Crippen molar-refractivity contribution in [2.75, 3.05) is 33.7 Å². The van der Waals surface area contributed by atoms with Crippen LogP contribution in [0.4, 0.5) is 0 Å². The Balaban J connectivity index is 1.50. The molecule has 1 fully saturated rings. The van der Waals surface area contributed by atoms with E-state index in [4.69, 9.17) is 4.52 Å². The van der Waals surface area contributed by atoms with E-state index in [1.54, 1.807) is 6.07 Å². The van der Waals surface area contributed by atoms with E-state index in [9.17, 15) is 4.79 Å². The Labute approximate surface area is 155 Å². The Hall–Kier alpha value is -2.18. The van der Waals surface area contributed by atoms with Crippen molar-refractivity contribution in [2.24, 2.45) is 5.41 Å². The van der Waals surface area contributed by atoms with Gasteiger partial charge >= 0.3 is 0 Å². The Bertz CT molecular complexity index is 730. The summed E-state index contributed by atoms with van der Waals surface area (Å²) in [5.74, 6) is 0.530. The topological polar surface area (TPSA) is 61.6 Å². The first kappa shape index (κ1) is 18.6. The van der Waals surface area contributed by atoms with Crippen molar-refractivity contribution in [3.05, 3.63) is 53.4 Å². The van der Waals surface area contributed by atoms with Crippen molar-refractivity contribution in [3.8, 4) is 0 Å². The number of hydrogen-bond acceptors (Lipinski definition) is 5. The van der Waals surface area contributed by atoms with Gasteiger partial charge in [-0.05, 0) is 38.0 Å². The van der Waals surface area contributed by atoms with Gasteiger partial charge in [0.1, 0.15) is 0 Å². The van der Waals surface area contributed by atoms with Gasteiger partial charge < -0.3 is 14.7 Å². The SMILES string of the molecule is CN(Cc1ccccc1)Cc1cc(C(=O)NC[C@@]2(C)CCN(C)C2)no1. The molecule has 0 aliphatic carbocycles.